The largest absolute Gasteiger partial charge is 0.477 e. The van der Waals surface area contributed by atoms with Gasteiger partial charge in [-0.15, -0.1) is 0 Å². The second-order valence-electron chi connectivity index (χ2n) is 6.66. The number of β-lactam (4-membered cyclic amide) rings is 1. The maximum atomic E-state index is 12.8. The van der Waals surface area contributed by atoms with Gasteiger partial charge < -0.3 is 27.1 Å². The lowest BCUT2D eigenvalue weighted by molar-refractivity contribution is -0.284. The predicted octanol–water partition coefficient (Wildman–Crippen LogP) is 0.114. The van der Waals surface area contributed by atoms with E-state index in [0.29, 0.717) is 22.8 Å². The van der Waals surface area contributed by atoms with Crippen LogP contribution < -0.4 is 21.9 Å². The number of nitrogens with one attached hydrogen (secondary N) is 1. The Bertz CT molecular complexity index is 1090. The molecule has 1 aromatic rings. The fourth-order valence-electron chi connectivity index (χ4n) is 3.29. The topological polar surface area (TPSA) is 212 Å². The summed E-state index contributed by atoms with van der Waals surface area (Å²) in [6, 6.07) is -1.56. The highest BCUT2D eigenvalue weighted by Crippen LogP contribution is 2.42. The van der Waals surface area contributed by atoms with Gasteiger partial charge in [-0.05, 0) is 43.5 Å². The number of oxime groups is 1. The number of quaternary nitrogens is 1. The van der Waals surface area contributed by atoms with Crippen molar-refractivity contribution in [3.63, 3.8) is 0 Å². The minimum Gasteiger partial charge on any atom is -0.477 e. The van der Waals surface area contributed by atoms with Gasteiger partial charge in [0.2, 0.25) is 0 Å². The Morgan fingerprint density at radius 2 is 2.16 bits per heavy atom. The van der Waals surface area contributed by atoms with Gasteiger partial charge in [0, 0.05) is 4.91 Å². The van der Waals surface area contributed by atoms with Crippen LogP contribution in [0.3, 0.4) is 0 Å². The summed E-state index contributed by atoms with van der Waals surface area (Å²) in [5.41, 5.74) is 8.68. The number of hydrogen-bond acceptors (Lipinski definition) is 11. The normalized spacial score (nSPS) is 21.7. The highest BCUT2D eigenvalue weighted by Gasteiger charge is 2.54. The molecule has 2 amide bonds. The summed E-state index contributed by atoms with van der Waals surface area (Å²) in [4.78, 5) is 43.5. The van der Waals surface area contributed by atoms with Gasteiger partial charge in [-0.3, -0.25) is 19.6 Å². The van der Waals surface area contributed by atoms with E-state index in [1.165, 1.54) is 0 Å². The highest BCUT2D eigenvalue weighted by atomic mass is 35.5. The number of aliphatic carboxylic acids is 1. The zero-order valence-electron chi connectivity index (χ0n) is 16.5. The molecular formula is C16H19ClN7O5S3+. The van der Waals surface area contributed by atoms with Gasteiger partial charge in [0.15, 0.2) is 15.9 Å². The summed E-state index contributed by atoms with van der Waals surface area (Å²) in [6.07, 6.45) is 0.776. The van der Waals surface area contributed by atoms with Gasteiger partial charge in [0.1, 0.15) is 21.8 Å². The predicted molar refractivity (Wildman–Crippen MR) is 121 cm³/mol. The average Bonchev–Trinajstić information content (AvgIpc) is 3.08. The maximum Gasteiger partial charge on any atom is 0.353 e. The van der Waals surface area contributed by atoms with Crippen LogP contribution in [0.5, 0.6) is 0 Å². The Hall–Kier alpha value is -2.30. The number of carboxylic acids is 1. The van der Waals surface area contributed by atoms with Crippen molar-refractivity contribution in [3.05, 3.63) is 30.6 Å². The van der Waals surface area contributed by atoms with Crippen molar-refractivity contribution < 1.29 is 30.4 Å². The molecule has 16 heteroatoms. The van der Waals surface area contributed by atoms with Gasteiger partial charge in [0.25, 0.3) is 11.8 Å². The molecule has 1 saturated heterocycles. The fourth-order valence-corrected chi connectivity index (χ4v) is 5.56. The van der Waals surface area contributed by atoms with Gasteiger partial charge >= 0.3 is 5.97 Å². The summed E-state index contributed by atoms with van der Waals surface area (Å²) >= 11 is 9.02. The third kappa shape index (κ3) is 4.44. The van der Waals surface area contributed by atoms with E-state index in [0.717, 1.165) is 44.9 Å². The minimum atomic E-state index is -1.26. The standard InChI is InChI=1S/C16H18ClN7O5S3/c1-4(32-20)12(18)30-6-3-2-5-7(14(26)24(5)10(6)15(27)28)21-13(25)9(23-29)8-11(17)31-16(19)22-8/h5,7,29H,2-3,18,20H2,1H3,(H2,19,22)(H,21,25)(H,27,28)/p+1/b12-4+,23-9-/t5-,7+/m1/s1. The minimum absolute atomic E-state index is 0.0467. The highest BCUT2D eigenvalue weighted by molar-refractivity contribution is 8.08. The van der Waals surface area contributed by atoms with Gasteiger partial charge in [-0.2, -0.15) is 0 Å². The number of fused-ring (bicyclic) bond motifs is 1. The van der Waals surface area contributed by atoms with Crippen LogP contribution in [-0.4, -0.2) is 55.8 Å². The Morgan fingerprint density at radius 3 is 2.69 bits per heavy atom. The molecule has 2 atom stereocenters. The van der Waals surface area contributed by atoms with E-state index in [4.69, 9.17) is 22.5 Å². The molecule has 3 rings (SSSR count). The summed E-state index contributed by atoms with van der Waals surface area (Å²) in [7, 11) is 0. The molecule has 12 nitrogen and oxygen atoms in total. The Kier molecular flexibility index (Phi) is 7.36. The van der Waals surface area contributed by atoms with Crippen molar-refractivity contribution in [1.29, 1.82) is 0 Å². The second-order valence-corrected chi connectivity index (χ2v) is 10.3. The van der Waals surface area contributed by atoms with Gasteiger partial charge in [-0.1, -0.05) is 28.1 Å². The molecule has 10 N–H and O–H groups in total. The smallest absolute Gasteiger partial charge is 0.353 e. The number of carbonyl (C=O) groups is 3. The van der Waals surface area contributed by atoms with Gasteiger partial charge in [-0.25, -0.2) is 9.78 Å². The molecule has 2 aliphatic heterocycles. The number of nitrogen functional groups attached to an aromatic ring is 1. The number of hydrogen-bond donors (Lipinski definition) is 6. The summed E-state index contributed by atoms with van der Waals surface area (Å²) in [5.74, 6) is -2.75. The number of thiazole rings is 1. The van der Waals surface area contributed by atoms with Crippen LogP contribution in [0.15, 0.2) is 25.7 Å². The molecule has 0 radical (unpaired) electrons. The number of rotatable bonds is 7. The Morgan fingerprint density at radius 1 is 1.47 bits per heavy atom. The SMILES string of the molecule is C/C(SN)=C(/[NH3+])SC1=C(C(=O)O)N2C(=O)[C@@H](NC(=O)/C(=N\O)c3nc(N)sc3Cl)[C@H]2CC1. The fraction of sp³-hybridized carbons (Fsp3) is 0.312. The van der Waals surface area contributed by atoms with E-state index in [-0.39, 0.29) is 20.9 Å². The van der Waals surface area contributed by atoms with Crippen molar-refractivity contribution in [2.24, 2.45) is 10.3 Å². The van der Waals surface area contributed by atoms with E-state index >= 15 is 0 Å². The molecule has 0 spiro atoms. The monoisotopic (exact) mass is 520 g/mol. The van der Waals surface area contributed by atoms with E-state index in [9.17, 15) is 24.7 Å². The second kappa shape index (κ2) is 9.68. The van der Waals surface area contributed by atoms with E-state index < -0.39 is 35.6 Å². The molecule has 1 fully saturated rings. The molecule has 32 heavy (non-hydrogen) atoms. The van der Waals surface area contributed by atoms with Crippen LogP contribution in [0.25, 0.3) is 0 Å². The van der Waals surface area contributed by atoms with E-state index in [2.05, 4.69) is 21.2 Å². The van der Waals surface area contributed by atoms with Crippen molar-refractivity contribution in [2.75, 3.05) is 5.73 Å². The molecule has 2 aliphatic rings. The number of nitrogens with zero attached hydrogens (tertiary/aromatic N) is 3. The lowest BCUT2D eigenvalue weighted by atomic mass is 9.86. The molecule has 0 saturated carbocycles. The molecule has 172 valence electrons. The molecule has 1 aromatic heterocycles. The van der Waals surface area contributed by atoms with Gasteiger partial charge in [0.05, 0.1) is 10.9 Å². The number of nitrogens with two attached hydrogens (primary N) is 2. The van der Waals surface area contributed by atoms with Crippen molar-refractivity contribution in [2.45, 2.75) is 31.8 Å². The summed E-state index contributed by atoms with van der Waals surface area (Å²) < 4.78 is 0.0467. The Balaban J connectivity index is 1.81. The van der Waals surface area contributed by atoms with E-state index in [1.807, 2.05) is 0 Å². The number of anilines is 1. The van der Waals surface area contributed by atoms with Crippen LogP contribution in [0.1, 0.15) is 25.5 Å². The summed E-state index contributed by atoms with van der Waals surface area (Å²) in [5, 5.41) is 30.6. The number of carboxylic acid groups (broad SMARTS) is 1. The van der Waals surface area contributed by atoms with Crippen LogP contribution in [0.4, 0.5) is 5.13 Å². The van der Waals surface area contributed by atoms with Crippen molar-refractivity contribution in [3.8, 4) is 0 Å². The zero-order chi connectivity index (χ0) is 23.7. The Labute approximate surface area is 199 Å². The maximum absolute atomic E-state index is 12.8. The van der Waals surface area contributed by atoms with Crippen LogP contribution in [-0.2, 0) is 14.4 Å². The number of thioether (sulfide) groups is 1. The number of carbonyl (C=O) groups excluding carboxylic acids is 2. The number of aromatic nitrogens is 1. The first kappa shape index (κ1) is 24.3. The first-order valence-electron chi connectivity index (χ1n) is 8.92. The quantitative estimate of drug-likeness (QED) is 0.0938. The van der Waals surface area contributed by atoms with Crippen LogP contribution >= 0.6 is 46.6 Å². The number of amides is 2. The van der Waals surface area contributed by atoms with Crippen molar-refractivity contribution in [1.82, 2.24) is 15.2 Å². The summed E-state index contributed by atoms with van der Waals surface area (Å²) in [6.45, 7) is 1.76. The first-order chi connectivity index (χ1) is 15.1. The third-order valence-corrected chi connectivity index (χ3v) is 7.85. The van der Waals surface area contributed by atoms with Crippen LogP contribution in [0, 0.1) is 0 Å². The van der Waals surface area contributed by atoms with E-state index in [1.54, 1.807) is 6.92 Å². The lowest BCUT2D eigenvalue weighted by Gasteiger charge is -2.49. The lowest BCUT2D eigenvalue weighted by Crippen LogP contribution is -2.72. The number of halogens is 1. The molecule has 0 aromatic carbocycles. The molecule has 3 heterocycles. The zero-order valence-corrected chi connectivity index (χ0v) is 19.7. The van der Waals surface area contributed by atoms with Crippen LogP contribution in [0.2, 0.25) is 4.34 Å². The molecule has 0 aliphatic carbocycles. The first-order valence-corrected chi connectivity index (χ1v) is 11.8. The van der Waals surface area contributed by atoms with Crippen molar-refractivity contribution >= 4 is 75.3 Å². The average molecular weight is 521 g/mol. The number of allylic oxidation sites excluding steroid dienone is 2. The molecule has 0 unspecified atom stereocenters. The molecule has 0 bridgehead atoms. The third-order valence-electron chi connectivity index (χ3n) is 4.84. The molecular weight excluding hydrogens is 502 g/mol.